The summed E-state index contributed by atoms with van der Waals surface area (Å²) in [5, 5.41) is 6.29. The Kier molecular flexibility index (Phi) is 5.94. The Labute approximate surface area is 191 Å². The van der Waals surface area contributed by atoms with Crippen molar-refractivity contribution >= 4 is 57.5 Å². The van der Waals surface area contributed by atoms with Gasteiger partial charge in [-0.05, 0) is 37.3 Å². The summed E-state index contributed by atoms with van der Waals surface area (Å²) >= 11 is 12.4. The Hall–Kier alpha value is -3.30. The van der Waals surface area contributed by atoms with E-state index >= 15 is 0 Å². The van der Waals surface area contributed by atoms with Gasteiger partial charge in [0, 0.05) is 18.7 Å². The van der Waals surface area contributed by atoms with Crippen LogP contribution in [0.1, 0.15) is 29.7 Å². The van der Waals surface area contributed by atoms with Gasteiger partial charge in [0.1, 0.15) is 0 Å². The zero-order valence-electron chi connectivity index (χ0n) is 16.8. The molecule has 4 rings (SSSR count). The van der Waals surface area contributed by atoms with E-state index in [-0.39, 0.29) is 35.5 Å². The first-order valence-corrected chi connectivity index (χ1v) is 10.5. The van der Waals surface area contributed by atoms with Gasteiger partial charge in [-0.1, -0.05) is 23.2 Å². The number of hydrogen-bond donors (Lipinski definition) is 3. The lowest BCUT2D eigenvalue weighted by molar-refractivity contribution is -0.116. The molecule has 1 aliphatic rings. The largest absolute Gasteiger partial charge is 0.462 e. The van der Waals surface area contributed by atoms with Gasteiger partial charge in [0.25, 0.3) is 0 Å². The number of carbonyl (C=O) groups is 2. The first-order valence-electron chi connectivity index (χ1n) is 9.77. The molecule has 11 heteroatoms. The first kappa shape index (κ1) is 21.9. The predicted octanol–water partition coefficient (Wildman–Crippen LogP) is 3.17. The molecular weight excluding hydrogens is 459 g/mol. The quantitative estimate of drug-likeness (QED) is 0.383. The summed E-state index contributed by atoms with van der Waals surface area (Å²) in [4.78, 5) is 51.7. The van der Waals surface area contributed by atoms with E-state index in [4.69, 9.17) is 27.9 Å². The van der Waals surface area contributed by atoms with Crippen molar-refractivity contribution < 1.29 is 14.3 Å². The van der Waals surface area contributed by atoms with Crippen LogP contribution in [0.25, 0.3) is 11.0 Å². The average Bonchev–Trinajstić information content (AvgIpc) is 2.76. The van der Waals surface area contributed by atoms with Crippen LogP contribution in [0.3, 0.4) is 0 Å². The summed E-state index contributed by atoms with van der Waals surface area (Å²) in [7, 11) is 0. The number of aromatic nitrogens is 2. The van der Waals surface area contributed by atoms with Crippen molar-refractivity contribution in [1.29, 1.82) is 0 Å². The molecule has 3 aromatic rings. The zero-order valence-corrected chi connectivity index (χ0v) is 18.3. The fourth-order valence-corrected chi connectivity index (χ4v) is 4.08. The second-order valence-electron chi connectivity index (χ2n) is 7.16. The number of nitrogens with zero attached hydrogens (tertiary/aromatic N) is 1. The third-order valence-corrected chi connectivity index (χ3v) is 5.86. The second-order valence-corrected chi connectivity index (χ2v) is 7.94. The number of hydrogen-bond acceptors (Lipinski definition) is 6. The fraction of sp³-hybridized carbons (Fsp3) is 0.238. The Bertz CT molecular complexity index is 1350. The molecule has 3 N–H and O–H groups in total. The third-order valence-electron chi connectivity index (χ3n) is 5.07. The molecule has 0 aliphatic carbocycles. The van der Waals surface area contributed by atoms with Crippen LogP contribution in [-0.4, -0.2) is 34.6 Å². The van der Waals surface area contributed by atoms with Gasteiger partial charge in [-0.3, -0.25) is 19.0 Å². The molecule has 0 bridgehead atoms. The maximum Gasteiger partial charge on any atom is 0.338 e. The van der Waals surface area contributed by atoms with E-state index in [9.17, 15) is 19.2 Å². The van der Waals surface area contributed by atoms with Gasteiger partial charge in [-0.25, -0.2) is 4.79 Å². The van der Waals surface area contributed by atoms with Gasteiger partial charge in [-0.15, -0.1) is 0 Å². The molecule has 1 aromatic heterocycles. The second kappa shape index (κ2) is 8.68. The highest BCUT2D eigenvalue weighted by Gasteiger charge is 2.28. The molecule has 2 heterocycles. The molecule has 166 valence electrons. The number of carbonyl (C=O) groups excluding carboxylic acids is 2. The number of amides is 1. The van der Waals surface area contributed by atoms with Gasteiger partial charge in [0.05, 0.1) is 45.0 Å². The van der Waals surface area contributed by atoms with E-state index in [2.05, 4.69) is 15.6 Å². The highest BCUT2D eigenvalue weighted by molar-refractivity contribution is 6.45. The average molecular weight is 477 g/mol. The van der Waals surface area contributed by atoms with Gasteiger partial charge < -0.3 is 20.4 Å². The molecular formula is C21H18Cl2N4O5. The van der Waals surface area contributed by atoms with E-state index in [1.165, 1.54) is 10.6 Å². The van der Waals surface area contributed by atoms with Crippen LogP contribution < -0.4 is 21.8 Å². The maximum absolute atomic E-state index is 12.7. The topological polar surface area (TPSA) is 122 Å². The molecule has 1 unspecified atom stereocenters. The monoisotopic (exact) mass is 476 g/mol. The molecule has 9 nitrogen and oxygen atoms in total. The number of rotatable bonds is 5. The number of halogens is 2. The molecule has 1 amide bonds. The molecule has 32 heavy (non-hydrogen) atoms. The summed E-state index contributed by atoms with van der Waals surface area (Å²) < 4.78 is 6.21. The van der Waals surface area contributed by atoms with Gasteiger partial charge in [-0.2, -0.15) is 0 Å². The number of H-pyrrole nitrogens is 1. The minimum absolute atomic E-state index is 0.0786. The van der Waals surface area contributed by atoms with Gasteiger partial charge >= 0.3 is 17.1 Å². The van der Waals surface area contributed by atoms with Crippen LogP contribution in [0.5, 0.6) is 0 Å². The molecule has 0 spiro atoms. The summed E-state index contributed by atoms with van der Waals surface area (Å²) in [5.41, 5.74) is 0.391. The molecule has 0 saturated heterocycles. The fourth-order valence-electron chi connectivity index (χ4n) is 3.66. The summed E-state index contributed by atoms with van der Waals surface area (Å²) in [5.74, 6) is -0.821. The van der Waals surface area contributed by atoms with Crippen molar-refractivity contribution in [3.63, 3.8) is 0 Å². The van der Waals surface area contributed by atoms with Crippen molar-refractivity contribution in [2.24, 2.45) is 0 Å². The van der Waals surface area contributed by atoms with Crippen molar-refractivity contribution in [2.75, 3.05) is 23.8 Å². The van der Waals surface area contributed by atoms with E-state index in [1.807, 2.05) is 0 Å². The van der Waals surface area contributed by atoms with Crippen molar-refractivity contribution in [3.8, 4) is 0 Å². The number of anilines is 2. The number of benzene rings is 2. The number of aromatic amines is 1. The zero-order chi connectivity index (χ0) is 23.0. The van der Waals surface area contributed by atoms with Crippen molar-refractivity contribution in [1.82, 2.24) is 9.55 Å². The van der Waals surface area contributed by atoms with Crippen LogP contribution in [-0.2, 0) is 9.53 Å². The Morgan fingerprint density at radius 2 is 1.94 bits per heavy atom. The van der Waals surface area contributed by atoms with Crippen LogP contribution in [0.2, 0.25) is 10.0 Å². The normalized spacial score (nSPS) is 14.7. The van der Waals surface area contributed by atoms with E-state index in [1.54, 1.807) is 31.2 Å². The van der Waals surface area contributed by atoms with Gasteiger partial charge in [0.2, 0.25) is 5.91 Å². The highest BCUT2D eigenvalue weighted by Crippen LogP contribution is 2.39. The maximum atomic E-state index is 12.7. The Balaban J connectivity index is 1.60. The number of ether oxygens (including phenoxy) is 1. The lowest BCUT2D eigenvalue weighted by atomic mass is 10.1. The predicted molar refractivity (Wildman–Crippen MR) is 122 cm³/mol. The van der Waals surface area contributed by atoms with Gasteiger partial charge in [0.15, 0.2) is 0 Å². The molecule has 0 fully saturated rings. The first-order chi connectivity index (χ1) is 15.3. The van der Waals surface area contributed by atoms with E-state index < -0.39 is 23.1 Å². The Morgan fingerprint density at radius 1 is 1.22 bits per heavy atom. The van der Waals surface area contributed by atoms with Crippen LogP contribution in [0, 0.1) is 0 Å². The molecule has 0 radical (unpaired) electrons. The lowest BCUT2D eigenvalue weighted by Gasteiger charge is -2.29. The van der Waals surface area contributed by atoms with E-state index in [0.717, 1.165) is 0 Å². The van der Waals surface area contributed by atoms with Crippen LogP contribution >= 0.6 is 23.2 Å². The van der Waals surface area contributed by atoms with E-state index in [0.29, 0.717) is 28.0 Å². The molecule has 1 atom stereocenters. The highest BCUT2D eigenvalue weighted by atomic mass is 35.5. The minimum Gasteiger partial charge on any atom is -0.462 e. The Morgan fingerprint density at radius 3 is 2.62 bits per heavy atom. The molecule has 1 aliphatic heterocycles. The summed E-state index contributed by atoms with van der Waals surface area (Å²) in [6.45, 7) is 2.18. The summed E-state index contributed by atoms with van der Waals surface area (Å²) in [6.07, 6.45) is -0.0786. The minimum atomic E-state index is -0.816. The van der Waals surface area contributed by atoms with Crippen molar-refractivity contribution in [3.05, 3.63) is 66.6 Å². The number of nitrogens with one attached hydrogen (secondary N) is 3. The lowest BCUT2D eigenvalue weighted by Crippen LogP contribution is -2.43. The van der Waals surface area contributed by atoms with Crippen LogP contribution in [0.4, 0.5) is 11.4 Å². The number of esters is 1. The third kappa shape index (κ3) is 3.96. The van der Waals surface area contributed by atoms with Crippen molar-refractivity contribution in [2.45, 2.75) is 19.4 Å². The molecule has 0 saturated carbocycles. The SMILES string of the molecule is CCOC(=O)c1ccc(NC(=O)CC2CNc3c(Cl)c(Cl)cc4[nH]c(=O)c(=O)n2c34)cc1. The summed E-state index contributed by atoms with van der Waals surface area (Å²) in [6, 6.07) is 7.09. The molecule has 2 aromatic carbocycles. The smallest absolute Gasteiger partial charge is 0.338 e. The van der Waals surface area contributed by atoms with Crippen LogP contribution in [0.15, 0.2) is 39.9 Å². The standard InChI is InChI=1S/C21H18Cl2N4O5/c1-2-32-21(31)10-3-5-11(6-4-10)25-15(28)7-12-9-24-17-16(23)13(22)8-14-18(17)27(12)20(30)19(29)26-14/h3-6,8,12,24H,2,7,9H2,1H3,(H,25,28)(H,26,29).